The Balaban J connectivity index is 1.54. The fraction of sp³-hybridized carbons (Fsp3) is 0.231. The van der Waals surface area contributed by atoms with Gasteiger partial charge >= 0.3 is 0 Å². The molecule has 5 rings (SSSR count). The Labute approximate surface area is 196 Å². The number of carbonyl (C=O) groups excluding carboxylic acids is 2. The minimum absolute atomic E-state index is 0.189. The van der Waals surface area contributed by atoms with Crippen LogP contribution in [0.4, 0.5) is 5.69 Å². The van der Waals surface area contributed by atoms with E-state index in [0.29, 0.717) is 31.1 Å². The molecule has 0 fully saturated rings. The number of ether oxygens (including phenoxy) is 1. The number of carbonyl (C=O) groups is 2. The number of nitrogens with zero attached hydrogens (tertiary/aromatic N) is 2. The van der Waals surface area contributed by atoms with E-state index < -0.39 is 5.54 Å². The zero-order valence-corrected chi connectivity index (χ0v) is 19.4. The number of amides is 2. The van der Waals surface area contributed by atoms with Crippen molar-refractivity contribution in [1.82, 2.24) is 9.88 Å². The predicted octanol–water partition coefficient (Wildman–Crippen LogP) is 4.84. The van der Waals surface area contributed by atoms with Gasteiger partial charge in [-0.2, -0.15) is 0 Å². The number of nitrogens with one attached hydrogen (secondary N) is 1. The molecule has 6 nitrogen and oxygen atoms in total. The molecule has 0 unspecified atom stereocenters. The maximum atomic E-state index is 13.8. The van der Waals surface area contributed by atoms with Crippen molar-refractivity contribution in [2.24, 2.45) is 0 Å². The normalized spacial score (nSPS) is 17.8. The Kier molecular flexibility index (Phi) is 5.42. The summed E-state index contributed by atoms with van der Waals surface area (Å²) in [5.41, 5.74) is 1.16. The van der Waals surface area contributed by atoms with Crippen LogP contribution in [-0.4, -0.2) is 28.5 Å². The average Bonchev–Trinajstić information content (AvgIpc) is 3.42. The van der Waals surface area contributed by atoms with Crippen LogP contribution in [-0.2, 0) is 17.9 Å². The van der Waals surface area contributed by atoms with Crippen LogP contribution < -0.4 is 15.0 Å². The zero-order chi connectivity index (χ0) is 23.0. The van der Waals surface area contributed by atoms with E-state index in [9.17, 15) is 9.59 Å². The molecule has 0 spiro atoms. The second kappa shape index (κ2) is 8.41. The number of fused-ring (bicyclic) bond motifs is 3. The van der Waals surface area contributed by atoms with Gasteiger partial charge in [-0.1, -0.05) is 30.3 Å². The molecule has 2 aromatic carbocycles. The molecule has 1 aliphatic rings. The fourth-order valence-electron chi connectivity index (χ4n) is 4.43. The molecular weight excluding hydrogens is 434 g/mol. The van der Waals surface area contributed by atoms with E-state index in [4.69, 9.17) is 4.74 Å². The van der Waals surface area contributed by atoms with Crippen molar-refractivity contribution in [3.05, 3.63) is 83.4 Å². The molecule has 2 aromatic heterocycles. The third kappa shape index (κ3) is 3.68. The molecule has 2 amide bonds. The smallest absolute Gasteiger partial charge is 0.275 e. The number of thiophene rings is 1. The van der Waals surface area contributed by atoms with Gasteiger partial charge in [0.05, 0.1) is 13.2 Å². The molecule has 0 aliphatic carbocycles. The SMILES string of the molecule is CCOc1ccc(N2C(=O)c3cc4ccsc4n3C[C@]2(C)C(=O)NCc2ccccc2)cc1. The average molecular weight is 460 g/mol. The van der Waals surface area contributed by atoms with Crippen molar-refractivity contribution in [3.63, 3.8) is 0 Å². The first-order valence-electron chi connectivity index (χ1n) is 11.0. The number of hydrogen-bond donors (Lipinski definition) is 1. The van der Waals surface area contributed by atoms with Crippen molar-refractivity contribution >= 4 is 39.1 Å². The standard InChI is InChI=1S/C26H25N3O3S/c1-3-32-21-11-9-20(10-12-21)29-23(30)22-15-19-13-14-33-24(19)28(22)17-26(29,2)25(31)27-16-18-7-5-4-6-8-18/h4-15H,3,16-17H2,1-2H3,(H,27,31)/t26-/m1/s1. The quantitative estimate of drug-likeness (QED) is 0.449. The molecule has 4 aromatic rings. The lowest BCUT2D eigenvalue weighted by atomic mass is 9.93. The molecule has 0 bridgehead atoms. The fourth-order valence-corrected chi connectivity index (χ4v) is 5.33. The van der Waals surface area contributed by atoms with E-state index in [1.165, 1.54) is 0 Å². The molecule has 0 radical (unpaired) electrons. The monoisotopic (exact) mass is 459 g/mol. The summed E-state index contributed by atoms with van der Waals surface area (Å²) in [7, 11) is 0. The van der Waals surface area contributed by atoms with Crippen molar-refractivity contribution in [1.29, 1.82) is 0 Å². The summed E-state index contributed by atoms with van der Waals surface area (Å²) in [6.45, 7) is 5.09. The Bertz CT molecular complexity index is 1310. The first-order chi connectivity index (χ1) is 16.0. The lowest BCUT2D eigenvalue weighted by Crippen LogP contribution is -2.64. The number of aromatic nitrogens is 1. The Hall–Kier alpha value is -3.58. The van der Waals surface area contributed by atoms with Gasteiger partial charge in [-0.3, -0.25) is 14.5 Å². The van der Waals surface area contributed by atoms with Crippen molar-refractivity contribution in [2.45, 2.75) is 32.5 Å². The zero-order valence-electron chi connectivity index (χ0n) is 18.6. The van der Waals surface area contributed by atoms with E-state index in [1.54, 1.807) is 16.2 Å². The Morgan fingerprint density at radius 3 is 2.61 bits per heavy atom. The highest BCUT2D eigenvalue weighted by Gasteiger charge is 2.48. The molecule has 0 saturated heterocycles. The van der Waals surface area contributed by atoms with Gasteiger partial charge in [0.2, 0.25) is 5.91 Å². The highest BCUT2D eigenvalue weighted by Crippen LogP contribution is 2.37. The summed E-state index contributed by atoms with van der Waals surface area (Å²) in [4.78, 5) is 30.1. The predicted molar refractivity (Wildman–Crippen MR) is 131 cm³/mol. The van der Waals surface area contributed by atoms with Crippen LogP contribution >= 0.6 is 11.3 Å². The summed E-state index contributed by atoms with van der Waals surface area (Å²) in [5.74, 6) is 0.341. The van der Waals surface area contributed by atoms with Gasteiger partial charge in [0, 0.05) is 17.6 Å². The van der Waals surface area contributed by atoms with Crippen LogP contribution in [0.5, 0.6) is 5.75 Å². The van der Waals surface area contributed by atoms with Crippen LogP contribution in [0, 0.1) is 0 Å². The molecule has 7 heteroatoms. The van der Waals surface area contributed by atoms with Crippen LogP contribution in [0.2, 0.25) is 0 Å². The van der Waals surface area contributed by atoms with E-state index in [2.05, 4.69) is 5.32 Å². The van der Waals surface area contributed by atoms with Gasteiger partial charge in [-0.15, -0.1) is 11.3 Å². The van der Waals surface area contributed by atoms with E-state index >= 15 is 0 Å². The molecule has 1 aliphatic heterocycles. The first kappa shape index (κ1) is 21.3. The molecule has 1 N–H and O–H groups in total. The summed E-state index contributed by atoms with van der Waals surface area (Å²) in [6.07, 6.45) is 0. The molecule has 168 valence electrons. The van der Waals surface area contributed by atoms with Crippen LogP contribution in [0.3, 0.4) is 0 Å². The Morgan fingerprint density at radius 1 is 1.12 bits per heavy atom. The Morgan fingerprint density at radius 2 is 1.88 bits per heavy atom. The second-order valence-corrected chi connectivity index (χ2v) is 9.20. The minimum Gasteiger partial charge on any atom is -0.494 e. The summed E-state index contributed by atoms with van der Waals surface area (Å²) in [6, 6.07) is 21.0. The van der Waals surface area contributed by atoms with Crippen LogP contribution in [0.1, 0.15) is 29.9 Å². The number of anilines is 1. The maximum Gasteiger partial charge on any atom is 0.275 e. The number of hydrogen-bond acceptors (Lipinski definition) is 4. The largest absolute Gasteiger partial charge is 0.494 e. The summed E-state index contributed by atoms with van der Waals surface area (Å²) in [5, 5.41) is 6.08. The topological polar surface area (TPSA) is 63.6 Å². The van der Waals surface area contributed by atoms with E-state index in [1.807, 2.05) is 90.5 Å². The van der Waals surface area contributed by atoms with Gasteiger partial charge in [0.25, 0.3) is 5.91 Å². The summed E-state index contributed by atoms with van der Waals surface area (Å²) >= 11 is 1.58. The number of benzene rings is 2. The summed E-state index contributed by atoms with van der Waals surface area (Å²) < 4.78 is 7.54. The van der Waals surface area contributed by atoms with Gasteiger partial charge in [-0.25, -0.2) is 0 Å². The van der Waals surface area contributed by atoms with Crippen molar-refractivity contribution in [3.8, 4) is 5.75 Å². The van der Waals surface area contributed by atoms with Gasteiger partial charge in [0.1, 0.15) is 21.8 Å². The maximum absolute atomic E-state index is 13.8. The second-order valence-electron chi connectivity index (χ2n) is 8.31. The van der Waals surface area contributed by atoms with E-state index in [-0.39, 0.29) is 11.8 Å². The van der Waals surface area contributed by atoms with Crippen molar-refractivity contribution < 1.29 is 14.3 Å². The lowest BCUT2D eigenvalue weighted by Gasteiger charge is -2.44. The highest BCUT2D eigenvalue weighted by molar-refractivity contribution is 7.16. The van der Waals surface area contributed by atoms with E-state index in [0.717, 1.165) is 21.5 Å². The molecule has 0 saturated carbocycles. The van der Waals surface area contributed by atoms with Gasteiger partial charge < -0.3 is 14.6 Å². The number of rotatable bonds is 6. The van der Waals surface area contributed by atoms with Crippen LogP contribution in [0.25, 0.3) is 10.2 Å². The molecule has 33 heavy (non-hydrogen) atoms. The first-order valence-corrected chi connectivity index (χ1v) is 11.9. The highest BCUT2D eigenvalue weighted by atomic mass is 32.1. The lowest BCUT2D eigenvalue weighted by molar-refractivity contribution is -0.126. The van der Waals surface area contributed by atoms with Crippen molar-refractivity contribution in [2.75, 3.05) is 11.5 Å². The third-order valence-electron chi connectivity index (χ3n) is 6.08. The van der Waals surface area contributed by atoms with Gasteiger partial charge in [0.15, 0.2) is 0 Å². The van der Waals surface area contributed by atoms with Gasteiger partial charge in [-0.05, 0) is 61.2 Å². The third-order valence-corrected chi connectivity index (χ3v) is 7.03. The minimum atomic E-state index is -1.11. The molecule has 1 atom stereocenters. The molecule has 3 heterocycles. The van der Waals surface area contributed by atoms with Crippen LogP contribution in [0.15, 0.2) is 72.1 Å². The molecular formula is C26H25N3O3S.